The van der Waals surface area contributed by atoms with Gasteiger partial charge in [0.25, 0.3) is 5.91 Å². The number of hydrogen-bond donors (Lipinski definition) is 3. The number of unbranched alkanes of at least 4 members (excludes halogenated alkanes) is 1. The van der Waals surface area contributed by atoms with Gasteiger partial charge in [-0.25, -0.2) is 0 Å². The number of amides is 1. The summed E-state index contributed by atoms with van der Waals surface area (Å²) in [7, 11) is 4.00. The third-order valence-electron chi connectivity index (χ3n) is 3.96. The minimum Gasteiger partial charge on any atom is -0.374 e. The van der Waals surface area contributed by atoms with E-state index in [1.807, 2.05) is 44.6 Å². The molecule has 0 fully saturated rings. The molecule has 2 aromatic rings. The number of nitrogens with one attached hydrogen (secondary N) is 1. The number of nitrogens with zero attached hydrogens (tertiary/aromatic N) is 2. The highest BCUT2D eigenvalue weighted by molar-refractivity contribution is 6.01. The molecule has 1 unspecified atom stereocenters. The van der Waals surface area contributed by atoms with Crippen LogP contribution in [0.5, 0.6) is 0 Å². The fourth-order valence-electron chi connectivity index (χ4n) is 2.75. The Balaban J connectivity index is 2.40. The monoisotopic (exact) mass is 344 g/mol. The summed E-state index contributed by atoms with van der Waals surface area (Å²) in [4.78, 5) is 14.4. The third-order valence-corrected chi connectivity index (χ3v) is 3.96. The maximum Gasteiger partial charge on any atom is 0.251 e. The number of aliphatic hydroxyl groups is 1. The molecular weight excluding hydrogens is 316 g/mol. The molecule has 0 aliphatic carbocycles. The van der Waals surface area contributed by atoms with Crippen LogP contribution in [0, 0.1) is 0 Å². The molecule has 0 aliphatic heterocycles. The van der Waals surface area contributed by atoms with Gasteiger partial charge in [0.15, 0.2) is 0 Å². The first kappa shape index (κ1) is 19.2. The molecule has 25 heavy (non-hydrogen) atoms. The van der Waals surface area contributed by atoms with E-state index in [1.165, 1.54) is 0 Å². The Hall–Kier alpha value is -2.15. The first-order valence-electron chi connectivity index (χ1n) is 8.60. The number of hydrogen-bond acceptors (Lipinski definition) is 4. The minimum absolute atomic E-state index is 0.170. The van der Waals surface area contributed by atoms with E-state index in [2.05, 4.69) is 21.7 Å². The number of para-hydroxylation sites is 1. The molecule has 136 valence electrons. The number of aliphatic hydroxyl groups excluding tert-OH is 1. The van der Waals surface area contributed by atoms with E-state index in [0.29, 0.717) is 6.54 Å². The van der Waals surface area contributed by atoms with Crippen molar-refractivity contribution in [3.63, 3.8) is 0 Å². The Morgan fingerprint density at radius 2 is 2.12 bits per heavy atom. The maximum atomic E-state index is 12.4. The standard InChI is InChI=1S/C19H28N4O2/c1-4-5-10-21-19(25)16(18(20)24)11-14-12-23(13-22(2)3)17-9-7-6-8-15(14)17/h6-9,11-12,18,24H,4-5,10,13,20H2,1-3H3,(H,21,25)/b16-11+. The maximum absolute atomic E-state index is 12.4. The molecule has 0 radical (unpaired) electrons. The van der Waals surface area contributed by atoms with Gasteiger partial charge in [-0.3, -0.25) is 9.69 Å². The summed E-state index contributed by atoms with van der Waals surface area (Å²) in [6.07, 6.45) is 4.22. The Labute approximate surface area is 148 Å². The Morgan fingerprint density at radius 1 is 1.40 bits per heavy atom. The van der Waals surface area contributed by atoms with Crippen molar-refractivity contribution in [3.05, 3.63) is 41.6 Å². The molecule has 1 aromatic heterocycles. The molecule has 6 nitrogen and oxygen atoms in total. The molecule has 0 saturated carbocycles. The zero-order chi connectivity index (χ0) is 18.4. The van der Waals surface area contributed by atoms with Crippen molar-refractivity contribution in [3.8, 4) is 0 Å². The first-order chi connectivity index (χ1) is 11.9. The van der Waals surface area contributed by atoms with Crippen LogP contribution >= 0.6 is 0 Å². The van der Waals surface area contributed by atoms with E-state index in [-0.39, 0.29) is 11.5 Å². The highest BCUT2D eigenvalue weighted by Gasteiger charge is 2.17. The topological polar surface area (TPSA) is 83.5 Å². The molecule has 0 saturated heterocycles. The van der Waals surface area contributed by atoms with Crippen molar-refractivity contribution in [1.82, 2.24) is 14.8 Å². The van der Waals surface area contributed by atoms with E-state index >= 15 is 0 Å². The Bertz CT molecular complexity index is 747. The van der Waals surface area contributed by atoms with E-state index < -0.39 is 6.23 Å². The molecule has 0 spiro atoms. The fourth-order valence-corrected chi connectivity index (χ4v) is 2.75. The van der Waals surface area contributed by atoms with Crippen molar-refractivity contribution in [2.45, 2.75) is 32.7 Å². The lowest BCUT2D eigenvalue weighted by atomic mass is 10.1. The van der Waals surface area contributed by atoms with E-state index in [4.69, 9.17) is 5.73 Å². The molecule has 4 N–H and O–H groups in total. The molecule has 0 bridgehead atoms. The van der Waals surface area contributed by atoms with E-state index in [9.17, 15) is 9.90 Å². The van der Waals surface area contributed by atoms with Crippen molar-refractivity contribution in [1.29, 1.82) is 0 Å². The molecule has 2 rings (SSSR count). The molecular formula is C19H28N4O2. The summed E-state index contributed by atoms with van der Waals surface area (Å²) in [6, 6.07) is 7.98. The molecule has 1 aromatic carbocycles. The van der Waals surface area contributed by atoms with Gasteiger partial charge in [0.1, 0.15) is 6.23 Å². The van der Waals surface area contributed by atoms with Gasteiger partial charge >= 0.3 is 0 Å². The highest BCUT2D eigenvalue weighted by atomic mass is 16.3. The minimum atomic E-state index is -1.32. The van der Waals surface area contributed by atoms with Crippen LogP contribution < -0.4 is 11.1 Å². The van der Waals surface area contributed by atoms with Crippen molar-refractivity contribution >= 4 is 22.9 Å². The predicted molar refractivity (Wildman–Crippen MR) is 102 cm³/mol. The van der Waals surface area contributed by atoms with Crippen molar-refractivity contribution in [2.24, 2.45) is 5.73 Å². The van der Waals surface area contributed by atoms with Gasteiger partial charge in [-0.2, -0.15) is 0 Å². The number of nitrogens with two attached hydrogens (primary N) is 1. The van der Waals surface area contributed by atoms with Crippen LogP contribution in [0.4, 0.5) is 0 Å². The summed E-state index contributed by atoms with van der Waals surface area (Å²) in [5.41, 5.74) is 7.74. The number of carbonyl (C=O) groups is 1. The predicted octanol–water partition coefficient (Wildman–Crippen LogP) is 1.74. The Kier molecular flexibility index (Phi) is 6.75. The van der Waals surface area contributed by atoms with Gasteiger partial charge in [-0.1, -0.05) is 31.5 Å². The number of carbonyl (C=O) groups excluding carboxylic acids is 1. The van der Waals surface area contributed by atoms with Crippen LogP contribution in [0.15, 0.2) is 36.0 Å². The van der Waals surface area contributed by atoms with Gasteiger partial charge in [-0.05, 0) is 32.7 Å². The molecule has 1 atom stereocenters. The number of fused-ring (bicyclic) bond motifs is 1. The van der Waals surface area contributed by atoms with Crippen LogP contribution in [-0.2, 0) is 11.5 Å². The van der Waals surface area contributed by atoms with Gasteiger partial charge in [0.05, 0.1) is 12.2 Å². The lowest BCUT2D eigenvalue weighted by Crippen LogP contribution is -2.35. The van der Waals surface area contributed by atoms with Gasteiger partial charge < -0.3 is 20.7 Å². The number of aromatic nitrogens is 1. The van der Waals surface area contributed by atoms with Gasteiger partial charge in [-0.15, -0.1) is 0 Å². The van der Waals surface area contributed by atoms with Crippen LogP contribution in [0.1, 0.15) is 25.3 Å². The average molecular weight is 344 g/mol. The van der Waals surface area contributed by atoms with E-state index in [0.717, 1.165) is 36.0 Å². The smallest absolute Gasteiger partial charge is 0.251 e. The second-order valence-corrected chi connectivity index (χ2v) is 6.45. The normalized spacial score (nSPS) is 13.4. The average Bonchev–Trinajstić information content (AvgIpc) is 2.90. The lowest BCUT2D eigenvalue weighted by molar-refractivity contribution is -0.118. The van der Waals surface area contributed by atoms with Crippen molar-refractivity contribution < 1.29 is 9.90 Å². The number of benzene rings is 1. The van der Waals surface area contributed by atoms with Gasteiger partial charge in [0.2, 0.25) is 0 Å². The fraction of sp³-hybridized carbons (Fsp3) is 0.421. The molecule has 1 heterocycles. The second kappa shape index (κ2) is 8.80. The van der Waals surface area contributed by atoms with Gasteiger partial charge in [0, 0.05) is 29.2 Å². The quantitative estimate of drug-likeness (QED) is 0.387. The summed E-state index contributed by atoms with van der Waals surface area (Å²) in [5.74, 6) is -0.326. The molecule has 0 aliphatic rings. The second-order valence-electron chi connectivity index (χ2n) is 6.45. The third kappa shape index (κ3) is 4.92. The van der Waals surface area contributed by atoms with Crippen LogP contribution in [0.2, 0.25) is 0 Å². The van der Waals surface area contributed by atoms with Crippen LogP contribution in [-0.4, -0.2) is 47.3 Å². The summed E-state index contributed by atoms with van der Waals surface area (Å²) in [6.45, 7) is 3.35. The van der Waals surface area contributed by atoms with Crippen molar-refractivity contribution in [2.75, 3.05) is 20.6 Å². The van der Waals surface area contributed by atoms with Crippen LogP contribution in [0.3, 0.4) is 0 Å². The SMILES string of the molecule is CCCCNC(=O)/C(=C/c1cn(CN(C)C)c2ccccc12)C(N)O. The first-order valence-corrected chi connectivity index (χ1v) is 8.60. The zero-order valence-electron chi connectivity index (χ0n) is 15.2. The van der Waals surface area contributed by atoms with E-state index in [1.54, 1.807) is 6.08 Å². The summed E-state index contributed by atoms with van der Waals surface area (Å²) >= 11 is 0. The molecule has 6 heteroatoms. The molecule has 1 amide bonds. The van der Waals surface area contributed by atoms with Crippen LogP contribution in [0.25, 0.3) is 17.0 Å². The highest BCUT2D eigenvalue weighted by Crippen LogP contribution is 2.24. The summed E-state index contributed by atoms with van der Waals surface area (Å²) in [5, 5.41) is 13.7. The number of rotatable bonds is 8. The zero-order valence-corrected chi connectivity index (χ0v) is 15.2. The summed E-state index contributed by atoms with van der Waals surface area (Å²) < 4.78 is 2.11. The lowest BCUT2D eigenvalue weighted by Gasteiger charge is -2.12. The largest absolute Gasteiger partial charge is 0.374 e. The Morgan fingerprint density at radius 3 is 2.76 bits per heavy atom.